The number of rotatable bonds is 5. The third-order valence-electron chi connectivity index (χ3n) is 5.34. The zero-order valence-electron chi connectivity index (χ0n) is 15.5. The van der Waals surface area contributed by atoms with E-state index in [4.69, 9.17) is 10.5 Å². The van der Waals surface area contributed by atoms with Gasteiger partial charge in [-0.15, -0.1) is 11.3 Å². The highest BCUT2D eigenvalue weighted by molar-refractivity contribution is 7.17. The van der Waals surface area contributed by atoms with Gasteiger partial charge in [0.05, 0.1) is 11.1 Å². The molecule has 0 spiro atoms. The fourth-order valence-corrected chi connectivity index (χ4v) is 5.30. The molecule has 0 unspecified atom stereocenters. The molecule has 0 atom stereocenters. The number of nitrogens with one attached hydrogen (secondary N) is 1. The van der Waals surface area contributed by atoms with Gasteiger partial charge in [-0.1, -0.05) is 6.07 Å². The summed E-state index contributed by atoms with van der Waals surface area (Å²) >= 11 is 1.38. The number of nitrogens with two attached hydrogens (primary N) is 1. The summed E-state index contributed by atoms with van der Waals surface area (Å²) in [6.45, 7) is -0.406. The molecule has 0 aliphatic heterocycles. The van der Waals surface area contributed by atoms with Crippen LogP contribution >= 0.6 is 11.3 Å². The van der Waals surface area contributed by atoms with Gasteiger partial charge in [0.15, 0.2) is 6.61 Å². The molecular formula is C21H22N2O4S. The lowest BCUT2D eigenvalue weighted by Crippen LogP contribution is -2.23. The maximum atomic E-state index is 12.3. The number of carbonyl (C=O) groups excluding carboxylic acids is 3. The lowest BCUT2D eigenvalue weighted by atomic mass is 9.90. The van der Waals surface area contributed by atoms with E-state index in [0.717, 1.165) is 49.0 Å². The molecule has 2 aliphatic carbocycles. The Hall–Kier alpha value is -2.67. The van der Waals surface area contributed by atoms with Crippen molar-refractivity contribution < 1.29 is 19.1 Å². The van der Waals surface area contributed by atoms with Crippen LogP contribution in [-0.2, 0) is 35.2 Å². The second-order valence-electron chi connectivity index (χ2n) is 7.24. The highest BCUT2D eigenvalue weighted by Crippen LogP contribution is 2.38. The fourth-order valence-electron chi connectivity index (χ4n) is 3.99. The summed E-state index contributed by atoms with van der Waals surface area (Å²) in [5, 5.41) is 3.13. The van der Waals surface area contributed by atoms with Crippen molar-refractivity contribution in [3.63, 3.8) is 0 Å². The maximum Gasteiger partial charge on any atom is 0.338 e. The van der Waals surface area contributed by atoms with Gasteiger partial charge in [0.2, 0.25) is 0 Å². The molecule has 2 aliphatic rings. The molecule has 7 heteroatoms. The van der Waals surface area contributed by atoms with E-state index in [0.29, 0.717) is 16.1 Å². The van der Waals surface area contributed by atoms with E-state index in [9.17, 15) is 14.4 Å². The van der Waals surface area contributed by atoms with Crippen molar-refractivity contribution in [2.45, 2.75) is 44.9 Å². The monoisotopic (exact) mass is 398 g/mol. The number of hydrogen-bond acceptors (Lipinski definition) is 5. The predicted molar refractivity (Wildman–Crippen MR) is 107 cm³/mol. The summed E-state index contributed by atoms with van der Waals surface area (Å²) in [6, 6.07) is 5.58. The van der Waals surface area contributed by atoms with Gasteiger partial charge in [-0.2, -0.15) is 0 Å². The van der Waals surface area contributed by atoms with E-state index in [2.05, 4.69) is 5.32 Å². The summed E-state index contributed by atoms with van der Waals surface area (Å²) in [7, 11) is 0. The van der Waals surface area contributed by atoms with E-state index < -0.39 is 24.4 Å². The fraction of sp³-hybridized carbons (Fsp3) is 0.381. The van der Waals surface area contributed by atoms with Crippen LogP contribution in [0.3, 0.4) is 0 Å². The van der Waals surface area contributed by atoms with Crippen LogP contribution in [0.5, 0.6) is 0 Å². The van der Waals surface area contributed by atoms with Gasteiger partial charge >= 0.3 is 5.97 Å². The first-order chi connectivity index (χ1) is 13.5. The highest BCUT2D eigenvalue weighted by Gasteiger charge is 2.26. The Bertz CT molecular complexity index is 964. The number of anilines is 1. The van der Waals surface area contributed by atoms with Gasteiger partial charge in [0, 0.05) is 4.88 Å². The van der Waals surface area contributed by atoms with Crippen molar-refractivity contribution in [3.05, 3.63) is 50.9 Å². The Morgan fingerprint density at radius 1 is 1.04 bits per heavy atom. The number of primary amides is 1. The summed E-state index contributed by atoms with van der Waals surface area (Å²) in [6.07, 6.45) is 7.00. The Labute approximate surface area is 167 Å². The van der Waals surface area contributed by atoms with Gasteiger partial charge in [0.1, 0.15) is 5.00 Å². The summed E-state index contributed by atoms with van der Waals surface area (Å²) in [5.74, 6) is -1.54. The first-order valence-electron chi connectivity index (χ1n) is 9.56. The van der Waals surface area contributed by atoms with Crippen molar-refractivity contribution in [2.75, 3.05) is 11.9 Å². The van der Waals surface area contributed by atoms with Crippen LogP contribution in [-0.4, -0.2) is 24.4 Å². The topological polar surface area (TPSA) is 98.5 Å². The molecule has 1 heterocycles. The molecule has 3 N–H and O–H groups in total. The number of aryl methyl sites for hydroxylation is 3. The molecular weight excluding hydrogens is 376 g/mol. The summed E-state index contributed by atoms with van der Waals surface area (Å²) in [4.78, 5) is 37.4. The van der Waals surface area contributed by atoms with Crippen molar-refractivity contribution in [3.8, 4) is 0 Å². The minimum Gasteiger partial charge on any atom is -0.452 e. The number of ether oxygens (including phenoxy) is 1. The molecule has 4 rings (SSSR count). The van der Waals surface area contributed by atoms with Crippen LogP contribution in [0, 0.1) is 0 Å². The molecule has 0 saturated heterocycles. The normalized spacial score (nSPS) is 14.9. The quantitative estimate of drug-likeness (QED) is 0.757. The van der Waals surface area contributed by atoms with Gasteiger partial charge in [-0.25, -0.2) is 4.79 Å². The second-order valence-corrected chi connectivity index (χ2v) is 8.35. The molecule has 1 aromatic heterocycles. The third kappa shape index (κ3) is 3.67. The predicted octanol–water partition coefficient (Wildman–Crippen LogP) is 3.01. The van der Waals surface area contributed by atoms with E-state index in [1.165, 1.54) is 28.9 Å². The minimum atomic E-state index is -0.541. The largest absolute Gasteiger partial charge is 0.452 e. The van der Waals surface area contributed by atoms with Gasteiger partial charge in [-0.3, -0.25) is 9.59 Å². The zero-order chi connectivity index (χ0) is 19.7. The minimum absolute atomic E-state index is 0.395. The molecule has 0 radical (unpaired) electrons. The molecule has 2 aromatic rings. The molecule has 146 valence electrons. The van der Waals surface area contributed by atoms with Gasteiger partial charge in [-0.05, 0) is 73.8 Å². The average molecular weight is 398 g/mol. The van der Waals surface area contributed by atoms with Crippen LogP contribution in [0.15, 0.2) is 18.2 Å². The number of hydrogen-bond donors (Lipinski definition) is 2. The molecule has 6 nitrogen and oxygen atoms in total. The molecule has 0 fully saturated rings. The molecule has 2 amide bonds. The average Bonchev–Trinajstić information content (AvgIpc) is 3.26. The molecule has 0 bridgehead atoms. The third-order valence-corrected chi connectivity index (χ3v) is 6.55. The smallest absolute Gasteiger partial charge is 0.338 e. The van der Waals surface area contributed by atoms with Gasteiger partial charge in [0.25, 0.3) is 11.8 Å². The van der Waals surface area contributed by atoms with E-state index in [1.54, 1.807) is 6.07 Å². The van der Waals surface area contributed by atoms with E-state index >= 15 is 0 Å². The van der Waals surface area contributed by atoms with Crippen molar-refractivity contribution in [1.29, 1.82) is 0 Å². The maximum absolute atomic E-state index is 12.3. The molecule has 1 aromatic carbocycles. The number of thiophene rings is 1. The van der Waals surface area contributed by atoms with Crippen LogP contribution in [0.2, 0.25) is 0 Å². The Balaban J connectivity index is 1.39. The van der Waals surface area contributed by atoms with E-state index in [-0.39, 0.29) is 0 Å². The number of carbonyl (C=O) groups is 3. The lowest BCUT2D eigenvalue weighted by molar-refractivity contribution is -0.119. The van der Waals surface area contributed by atoms with Crippen LogP contribution < -0.4 is 11.1 Å². The summed E-state index contributed by atoms with van der Waals surface area (Å²) in [5.41, 5.74) is 9.76. The summed E-state index contributed by atoms with van der Waals surface area (Å²) < 4.78 is 5.17. The SMILES string of the molecule is NC(=O)c1c(NC(=O)COC(=O)c2ccc3c(c2)CCCC3)sc2c1CCC2. The van der Waals surface area contributed by atoms with E-state index in [1.807, 2.05) is 12.1 Å². The Morgan fingerprint density at radius 3 is 2.61 bits per heavy atom. The first kappa shape index (κ1) is 18.7. The lowest BCUT2D eigenvalue weighted by Gasteiger charge is -2.16. The Kier molecular flexibility index (Phi) is 5.17. The van der Waals surface area contributed by atoms with Crippen LogP contribution in [0.4, 0.5) is 5.00 Å². The highest BCUT2D eigenvalue weighted by atomic mass is 32.1. The van der Waals surface area contributed by atoms with Crippen molar-refractivity contribution >= 4 is 34.1 Å². The first-order valence-corrected chi connectivity index (χ1v) is 10.4. The van der Waals surface area contributed by atoms with Crippen LogP contribution in [0.25, 0.3) is 0 Å². The zero-order valence-corrected chi connectivity index (χ0v) is 16.3. The number of fused-ring (bicyclic) bond motifs is 2. The molecule has 0 saturated carbocycles. The second kappa shape index (κ2) is 7.75. The number of benzene rings is 1. The molecule has 28 heavy (non-hydrogen) atoms. The van der Waals surface area contributed by atoms with Gasteiger partial charge < -0.3 is 15.8 Å². The number of amides is 2. The number of esters is 1. The van der Waals surface area contributed by atoms with Crippen molar-refractivity contribution in [2.24, 2.45) is 5.73 Å². The van der Waals surface area contributed by atoms with Crippen molar-refractivity contribution in [1.82, 2.24) is 0 Å². The Morgan fingerprint density at radius 2 is 1.82 bits per heavy atom. The van der Waals surface area contributed by atoms with Crippen LogP contribution in [0.1, 0.15) is 61.5 Å². The standard InChI is InChI=1S/C21H22N2O4S/c22-19(25)18-15-6-3-7-16(15)28-20(18)23-17(24)11-27-21(26)14-9-8-12-4-1-2-5-13(12)10-14/h8-10H,1-7,11H2,(H2,22,25)(H,23,24).